The second-order valence-electron chi connectivity index (χ2n) is 3.32. The average molecular weight is 194 g/mol. The van der Waals surface area contributed by atoms with Crippen molar-refractivity contribution >= 4 is 5.69 Å². The van der Waals surface area contributed by atoms with Crippen LogP contribution < -0.4 is 4.90 Å². The molecule has 0 atom stereocenters. The third kappa shape index (κ3) is 2.45. The Labute approximate surface area is 85.7 Å². The molecule has 1 aromatic heterocycles. The van der Waals surface area contributed by atoms with Gasteiger partial charge in [0.25, 0.3) is 0 Å². The van der Waals surface area contributed by atoms with Crippen LogP contribution in [-0.4, -0.2) is 31.3 Å². The average Bonchev–Trinajstić information content (AvgIpc) is 2.19. The van der Waals surface area contributed by atoms with Crippen molar-refractivity contribution < 1.29 is 4.74 Å². The number of hydrogen-bond acceptors (Lipinski definition) is 3. The maximum atomic E-state index is 5.29. The van der Waals surface area contributed by atoms with Crippen LogP contribution in [0.25, 0.3) is 0 Å². The molecule has 1 fully saturated rings. The first-order chi connectivity index (χ1) is 6.36. The monoisotopic (exact) mass is 194 g/mol. The van der Waals surface area contributed by atoms with Crippen LogP contribution in [0.5, 0.6) is 0 Å². The third-order valence-electron chi connectivity index (χ3n) is 2.24. The van der Waals surface area contributed by atoms with E-state index >= 15 is 0 Å². The fourth-order valence-corrected chi connectivity index (χ4v) is 1.53. The molecule has 78 valence electrons. The predicted molar refractivity (Wildman–Crippen MR) is 58.7 cm³/mol. The molecule has 0 amide bonds. The Kier molecular flexibility index (Phi) is 3.89. The van der Waals surface area contributed by atoms with Gasteiger partial charge in [-0.3, -0.25) is 4.98 Å². The fourth-order valence-electron chi connectivity index (χ4n) is 1.53. The Bertz CT molecular complexity index is 282. The molecular weight excluding hydrogens is 176 g/mol. The Balaban J connectivity index is 0.000000980. The second-order valence-corrected chi connectivity index (χ2v) is 3.32. The summed E-state index contributed by atoms with van der Waals surface area (Å²) in [6.45, 7) is 5.68. The second kappa shape index (κ2) is 4.96. The van der Waals surface area contributed by atoms with Crippen molar-refractivity contribution in [2.45, 2.75) is 14.4 Å². The van der Waals surface area contributed by atoms with Gasteiger partial charge in [0.2, 0.25) is 0 Å². The molecule has 0 spiro atoms. The van der Waals surface area contributed by atoms with Crippen LogP contribution in [0.1, 0.15) is 13.0 Å². The van der Waals surface area contributed by atoms with Gasteiger partial charge in [-0.25, -0.2) is 0 Å². The van der Waals surface area contributed by atoms with Crippen molar-refractivity contribution in [3.63, 3.8) is 0 Å². The molecular formula is C11H18N2O. The first-order valence-corrected chi connectivity index (χ1v) is 4.60. The SMILES string of the molecule is C.Cc1cncc(N2CCOCC2)c1. The number of pyridine rings is 1. The molecule has 3 nitrogen and oxygen atoms in total. The maximum absolute atomic E-state index is 5.29. The van der Waals surface area contributed by atoms with Gasteiger partial charge in [0, 0.05) is 19.3 Å². The zero-order valence-corrected chi connectivity index (χ0v) is 7.86. The van der Waals surface area contributed by atoms with Crippen LogP contribution in [-0.2, 0) is 4.74 Å². The Morgan fingerprint density at radius 2 is 2.00 bits per heavy atom. The minimum Gasteiger partial charge on any atom is -0.378 e. The minimum atomic E-state index is 0. The molecule has 0 aliphatic carbocycles. The van der Waals surface area contributed by atoms with Gasteiger partial charge in [-0.2, -0.15) is 0 Å². The fraction of sp³-hybridized carbons (Fsp3) is 0.545. The normalized spacial score (nSPS) is 16.2. The highest BCUT2D eigenvalue weighted by Gasteiger charge is 2.10. The van der Waals surface area contributed by atoms with Crippen molar-refractivity contribution in [1.82, 2.24) is 4.98 Å². The summed E-state index contributed by atoms with van der Waals surface area (Å²) in [6, 6.07) is 2.16. The van der Waals surface area contributed by atoms with Crippen molar-refractivity contribution in [3.05, 3.63) is 24.0 Å². The molecule has 0 unspecified atom stereocenters. The summed E-state index contributed by atoms with van der Waals surface area (Å²) in [6.07, 6.45) is 3.79. The van der Waals surface area contributed by atoms with Crippen molar-refractivity contribution in [2.24, 2.45) is 0 Å². The molecule has 0 bridgehead atoms. The summed E-state index contributed by atoms with van der Waals surface area (Å²) in [5.74, 6) is 0. The number of rotatable bonds is 1. The van der Waals surface area contributed by atoms with E-state index in [1.807, 2.05) is 12.4 Å². The van der Waals surface area contributed by atoms with E-state index in [0.717, 1.165) is 26.3 Å². The highest BCUT2D eigenvalue weighted by Crippen LogP contribution is 2.14. The lowest BCUT2D eigenvalue weighted by atomic mass is 10.2. The Morgan fingerprint density at radius 1 is 1.29 bits per heavy atom. The van der Waals surface area contributed by atoms with Gasteiger partial charge in [-0.1, -0.05) is 7.43 Å². The smallest absolute Gasteiger partial charge is 0.0642 e. The molecule has 0 N–H and O–H groups in total. The summed E-state index contributed by atoms with van der Waals surface area (Å²) in [5.41, 5.74) is 2.42. The van der Waals surface area contributed by atoms with E-state index in [2.05, 4.69) is 22.9 Å². The molecule has 1 saturated heterocycles. The largest absolute Gasteiger partial charge is 0.378 e. The quantitative estimate of drug-likeness (QED) is 0.682. The standard InChI is InChI=1S/C10H14N2O.CH4/c1-9-6-10(8-11-7-9)12-2-4-13-5-3-12;/h6-8H,2-5H2,1H3;1H4. The van der Waals surface area contributed by atoms with Gasteiger partial charge in [-0.05, 0) is 18.6 Å². The number of nitrogens with zero attached hydrogens (tertiary/aromatic N) is 2. The van der Waals surface area contributed by atoms with Gasteiger partial charge in [0.15, 0.2) is 0 Å². The number of aryl methyl sites for hydroxylation is 1. The van der Waals surface area contributed by atoms with Gasteiger partial charge in [0.1, 0.15) is 0 Å². The number of hydrogen-bond donors (Lipinski definition) is 0. The highest BCUT2D eigenvalue weighted by molar-refractivity contribution is 5.46. The predicted octanol–water partition coefficient (Wildman–Crippen LogP) is 1.86. The van der Waals surface area contributed by atoms with Crippen LogP contribution >= 0.6 is 0 Å². The molecule has 1 aliphatic rings. The van der Waals surface area contributed by atoms with E-state index in [1.165, 1.54) is 11.3 Å². The lowest BCUT2D eigenvalue weighted by molar-refractivity contribution is 0.122. The summed E-state index contributed by atoms with van der Waals surface area (Å²) >= 11 is 0. The van der Waals surface area contributed by atoms with E-state index in [-0.39, 0.29) is 7.43 Å². The van der Waals surface area contributed by atoms with Crippen LogP contribution in [0.3, 0.4) is 0 Å². The third-order valence-corrected chi connectivity index (χ3v) is 2.24. The first-order valence-electron chi connectivity index (χ1n) is 4.60. The number of ether oxygens (including phenoxy) is 1. The highest BCUT2D eigenvalue weighted by atomic mass is 16.5. The van der Waals surface area contributed by atoms with Crippen molar-refractivity contribution in [3.8, 4) is 0 Å². The zero-order valence-electron chi connectivity index (χ0n) is 7.86. The summed E-state index contributed by atoms with van der Waals surface area (Å²) in [5, 5.41) is 0. The van der Waals surface area contributed by atoms with Crippen LogP contribution in [0.4, 0.5) is 5.69 Å². The molecule has 14 heavy (non-hydrogen) atoms. The summed E-state index contributed by atoms with van der Waals surface area (Å²) in [4.78, 5) is 6.49. The number of anilines is 1. The minimum absolute atomic E-state index is 0. The van der Waals surface area contributed by atoms with Gasteiger partial charge in [0.05, 0.1) is 25.1 Å². The van der Waals surface area contributed by atoms with E-state index in [9.17, 15) is 0 Å². The lowest BCUT2D eigenvalue weighted by Gasteiger charge is -2.28. The maximum Gasteiger partial charge on any atom is 0.0642 e. The summed E-state index contributed by atoms with van der Waals surface area (Å²) < 4.78 is 5.29. The molecule has 2 heterocycles. The molecule has 0 radical (unpaired) electrons. The van der Waals surface area contributed by atoms with Gasteiger partial charge < -0.3 is 9.64 Å². The van der Waals surface area contributed by atoms with E-state index < -0.39 is 0 Å². The number of morpholine rings is 1. The number of aromatic nitrogens is 1. The van der Waals surface area contributed by atoms with E-state index in [4.69, 9.17) is 4.74 Å². The molecule has 0 saturated carbocycles. The van der Waals surface area contributed by atoms with Crippen molar-refractivity contribution in [2.75, 3.05) is 31.2 Å². The molecule has 1 aliphatic heterocycles. The van der Waals surface area contributed by atoms with E-state index in [1.54, 1.807) is 0 Å². The zero-order chi connectivity index (χ0) is 9.10. The van der Waals surface area contributed by atoms with Crippen LogP contribution in [0, 0.1) is 6.92 Å². The van der Waals surface area contributed by atoms with Crippen LogP contribution in [0.15, 0.2) is 18.5 Å². The van der Waals surface area contributed by atoms with Crippen LogP contribution in [0.2, 0.25) is 0 Å². The van der Waals surface area contributed by atoms with E-state index in [0.29, 0.717) is 0 Å². The molecule has 1 aromatic rings. The first kappa shape index (κ1) is 11.0. The topological polar surface area (TPSA) is 25.4 Å². The molecule has 0 aromatic carbocycles. The van der Waals surface area contributed by atoms with Gasteiger partial charge >= 0.3 is 0 Å². The molecule has 2 rings (SSSR count). The van der Waals surface area contributed by atoms with Crippen molar-refractivity contribution in [1.29, 1.82) is 0 Å². The molecule has 3 heteroatoms. The lowest BCUT2D eigenvalue weighted by Crippen LogP contribution is -2.36. The Hall–Kier alpha value is -1.09. The van der Waals surface area contributed by atoms with Gasteiger partial charge in [-0.15, -0.1) is 0 Å². The Morgan fingerprint density at radius 3 is 2.64 bits per heavy atom. The summed E-state index contributed by atoms with van der Waals surface area (Å²) in [7, 11) is 0.